The van der Waals surface area contributed by atoms with Crippen LogP contribution in [-0.2, 0) is 42.8 Å². The number of carboxylic acid groups (broad SMARTS) is 1. The van der Waals surface area contributed by atoms with Crippen LogP contribution in [0.1, 0.15) is 64.2 Å². The summed E-state index contributed by atoms with van der Waals surface area (Å²) in [6.45, 7) is -1.25. The van der Waals surface area contributed by atoms with Crippen molar-refractivity contribution in [2.45, 2.75) is 181 Å². The van der Waals surface area contributed by atoms with Gasteiger partial charge in [0, 0.05) is 24.8 Å². The van der Waals surface area contributed by atoms with E-state index in [9.17, 15) is 70.6 Å². The first-order valence-electron chi connectivity index (χ1n) is 20.9. The van der Waals surface area contributed by atoms with Crippen LogP contribution in [-0.4, -0.2) is 213 Å². The van der Waals surface area contributed by atoms with E-state index in [4.69, 9.17) is 38.3 Å². The third kappa shape index (κ3) is 11.8. The first-order chi connectivity index (χ1) is 28.9. The van der Waals surface area contributed by atoms with Crippen LogP contribution in [0.2, 0.25) is 0 Å². The van der Waals surface area contributed by atoms with Gasteiger partial charge in [-0.25, -0.2) is 4.79 Å². The van der Waals surface area contributed by atoms with Gasteiger partial charge < -0.3 is 94.4 Å². The van der Waals surface area contributed by atoms with E-state index in [1.165, 1.54) is 6.08 Å². The van der Waals surface area contributed by atoms with E-state index >= 15 is 0 Å². The fourth-order valence-corrected chi connectivity index (χ4v) is 9.44. The van der Waals surface area contributed by atoms with E-state index < -0.39 is 160 Å². The summed E-state index contributed by atoms with van der Waals surface area (Å²) in [5, 5.41) is 126. The lowest BCUT2D eigenvalue weighted by Gasteiger charge is -2.50. The summed E-state index contributed by atoms with van der Waals surface area (Å²) in [5.41, 5.74) is 0. The summed E-state index contributed by atoms with van der Waals surface area (Å²) < 4.78 is 39.3. The van der Waals surface area contributed by atoms with Crippen LogP contribution in [0.15, 0.2) is 12.2 Å². The molecule has 6 rings (SSSR count). The van der Waals surface area contributed by atoms with Gasteiger partial charge in [-0.15, -0.1) is 0 Å². The number of aliphatic hydroxyl groups is 13. The Kier molecular flexibility index (Phi) is 16.5. The first kappa shape index (κ1) is 48.0. The highest BCUT2D eigenvalue weighted by Crippen LogP contribution is 2.44. The van der Waals surface area contributed by atoms with Crippen molar-refractivity contribution in [3.05, 3.63) is 12.2 Å². The minimum absolute atomic E-state index is 0.0135. The molecule has 18 atom stereocenters. The van der Waals surface area contributed by atoms with Crippen molar-refractivity contribution < 1.29 is 109 Å². The van der Waals surface area contributed by atoms with Crippen LogP contribution in [0, 0.1) is 17.8 Å². The lowest BCUT2D eigenvalue weighted by molar-refractivity contribution is -0.368. The molecule has 0 aromatic heterocycles. The molecule has 348 valence electrons. The maximum absolute atomic E-state index is 12.6. The van der Waals surface area contributed by atoms with Gasteiger partial charge >= 0.3 is 17.9 Å². The van der Waals surface area contributed by atoms with Crippen LogP contribution < -0.4 is 0 Å². The molecule has 0 bridgehead atoms. The van der Waals surface area contributed by atoms with E-state index in [-0.39, 0.29) is 44.1 Å². The van der Waals surface area contributed by atoms with Crippen molar-refractivity contribution in [3.63, 3.8) is 0 Å². The Labute approximate surface area is 350 Å². The smallest absolute Gasteiger partial charge is 0.330 e. The molecule has 6 fully saturated rings. The topological polar surface area (TPSA) is 362 Å². The summed E-state index contributed by atoms with van der Waals surface area (Å²) in [5.74, 6) is -4.58. The van der Waals surface area contributed by atoms with Crippen molar-refractivity contribution in [1.29, 1.82) is 0 Å². The zero-order chi connectivity index (χ0) is 44.3. The largest absolute Gasteiger partial charge is 0.481 e. The van der Waals surface area contributed by atoms with Crippen molar-refractivity contribution in [2.75, 3.05) is 13.2 Å². The fraction of sp³-hybridized carbons (Fsp3) is 0.872. The number of allylic oxidation sites excluding steroid dienone is 1. The monoisotopic (exact) mass is 881 g/mol. The molecular formula is C39H61O22+. The molecule has 0 radical (unpaired) electrons. The lowest BCUT2D eigenvalue weighted by atomic mass is 9.72. The number of carbonyl (C=O) groups excluding carboxylic acids is 2. The first-order valence-corrected chi connectivity index (χ1v) is 20.9. The maximum atomic E-state index is 12.6. The maximum Gasteiger partial charge on any atom is 0.330 e. The Morgan fingerprint density at radius 1 is 0.607 bits per heavy atom. The lowest BCUT2D eigenvalue weighted by Crippen LogP contribution is -2.64. The average molecular weight is 882 g/mol. The molecule has 0 spiro atoms. The Morgan fingerprint density at radius 3 is 1.74 bits per heavy atom. The van der Waals surface area contributed by atoms with Crippen molar-refractivity contribution in [2.24, 2.45) is 17.8 Å². The predicted molar refractivity (Wildman–Crippen MR) is 198 cm³/mol. The minimum atomic E-state index is -1.87. The SMILES string of the molecule is O=C(O)CC(=O)OC[C@H]1O[C@@H](OC2CC(O)CC3[OH+]C(C4CC(O)C(O)C(O)C4)C(O[C@@H]4O[C@H](COC(=O)C=CC5CCC(O)CC5)[C@@H](O)[C@H](O)[C@H]4O)CC23)[C@H](O)[C@@H](O)[C@@H]1O. The molecule has 3 aliphatic heterocycles. The van der Waals surface area contributed by atoms with E-state index in [1.54, 1.807) is 6.08 Å². The Bertz CT molecular complexity index is 1480. The summed E-state index contributed by atoms with van der Waals surface area (Å²) >= 11 is 0. The normalized spacial score (nSPS) is 47.0. The number of hydrogen-bond donors (Lipinski definition) is 12. The average Bonchev–Trinajstić information content (AvgIpc) is 3.21. The highest BCUT2D eigenvalue weighted by molar-refractivity contribution is 5.90. The zero-order valence-corrected chi connectivity index (χ0v) is 33.3. The highest BCUT2D eigenvalue weighted by atomic mass is 16.7. The molecule has 0 amide bonds. The molecule has 3 saturated carbocycles. The van der Waals surface area contributed by atoms with E-state index in [2.05, 4.69) is 0 Å². The van der Waals surface area contributed by atoms with E-state index in [1.807, 2.05) is 0 Å². The number of ether oxygens (including phenoxy) is 7. The van der Waals surface area contributed by atoms with Gasteiger partial charge in [0.2, 0.25) is 0 Å². The summed E-state index contributed by atoms with van der Waals surface area (Å²) in [7, 11) is 0. The summed E-state index contributed by atoms with van der Waals surface area (Å²) in [4.78, 5) is 35.4. The Hall–Kier alpha value is -2.49. The van der Waals surface area contributed by atoms with Gasteiger partial charge in [-0.2, -0.15) is 0 Å². The van der Waals surface area contributed by atoms with E-state index in [0.29, 0.717) is 25.7 Å². The predicted octanol–water partition coefficient (Wildman–Crippen LogP) is -5.03. The van der Waals surface area contributed by atoms with Crippen molar-refractivity contribution >= 4 is 17.9 Å². The summed E-state index contributed by atoms with van der Waals surface area (Å²) in [6, 6.07) is 0. The molecule has 61 heavy (non-hydrogen) atoms. The number of aliphatic carboxylic acids is 1. The highest BCUT2D eigenvalue weighted by Gasteiger charge is 2.57. The molecule has 0 aromatic carbocycles. The second-order valence-corrected chi connectivity index (χ2v) is 17.3. The van der Waals surface area contributed by atoms with Crippen molar-refractivity contribution in [1.82, 2.24) is 0 Å². The van der Waals surface area contributed by atoms with Gasteiger partial charge in [0.05, 0.1) is 36.4 Å². The quantitative estimate of drug-likeness (QED) is 0.0356. The van der Waals surface area contributed by atoms with Crippen LogP contribution in [0.4, 0.5) is 0 Å². The molecule has 3 aliphatic carbocycles. The fourth-order valence-electron chi connectivity index (χ4n) is 9.44. The standard InChI is InChI=1S/C39H60O22/c40-17-4-1-15(2-5-17)3-6-28(46)55-13-25-31(49)34(52)36(54)39(61-25)59-24-11-19-22(57-37(24)16-7-20(42)30(48)21(43)8-16)9-18(41)10-23(19)58-38-35(53)33(51)32(50)26(60-38)14-56-29(47)12-27(44)45/h3,6,15-26,30-43,48-54H,1-2,4-5,7-14H2,(H,44,45)/p+1/t15?,16?,17?,18?,19?,20?,21?,22?,23?,24?,25-,26-,30?,31-,32-,33+,34+,35-,36-,37?,38-,39-/m1/s1. The third-order valence-electron chi connectivity index (χ3n) is 12.9. The molecule has 22 nitrogen and oxygen atoms in total. The number of fused-ring (bicyclic) bond motifs is 1. The van der Waals surface area contributed by atoms with Crippen LogP contribution in [0.3, 0.4) is 0 Å². The molecule has 22 heteroatoms. The molecule has 0 aromatic rings. The number of rotatable bonds is 13. The minimum Gasteiger partial charge on any atom is -0.481 e. The molecule has 6 aliphatic rings. The van der Waals surface area contributed by atoms with Gasteiger partial charge in [0.15, 0.2) is 24.8 Å². The number of carboxylic acids is 1. The Morgan fingerprint density at radius 2 is 1.16 bits per heavy atom. The van der Waals surface area contributed by atoms with Crippen molar-refractivity contribution in [3.8, 4) is 0 Å². The van der Waals surface area contributed by atoms with Gasteiger partial charge in [-0.05, 0) is 50.9 Å². The van der Waals surface area contributed by atoms with Crippen LogP contribution >= 0.6 is 0 Å². The molecule has 13 N–H and O–H groups in total. The van der Waals surface area contributed by atoms with Crippen LogP contribution in [0.5, 0.6) is 0 Å². The van der Waals surface area contributed by atoms with Crippen LogP contribution in [0.25, 0.3) is 0 Å². The Balaban J connectivity index is 1.17. The van der Waals surface area contributed by atoms with E-state index in [0.717, 1.165) is 0 Å². The van der Waals surface area contributed by atoms with Gasteiger partial charge in [-0.3, -0.25) is 9.59 Å². The number of hydrogen-bond acceptors (Lipinski definition) is 20. The number of carbonyl (C=O) groups is 3. The van der Waals surface area contributed by atoms with Gasteiger partial charge in [0.25, 0.3) is 0 Å². The zero-order valence-electron chi connectivity index (χ0n) is 33.3. The summed E-state index contributed by atoms with van der Waals surface area (Å²) in [6.07, 6.45) is -21.7. The number of esters is 2. The van der Waals surface area contributed by atoms with Gasteiger partial charge in [0.1, 0.15) is 80.7 Å². The third-order valence-corrected chi connectivity index (χ3v) is 12.9. The number of aliphatic hydroxyl groups excluding tert-OH is 11. The second-order valence-electron chi connectivity index (χ2n) is 17.3. The second kappa shape index (κ2) is 21.0. The van der Waals surface area contributed by atoms with Gasteiger partial charge in [-0.1, -0.05) is 6.08 Å². The molecular weight excluding hydrogens is 820 g/mol. The molecule has 3 heterocycles. The molecule has 8 unspecified atom stereocenters. The molecule has 3 saturated heterocycles.